The number of benzene rings is 1. The first-order chi connectivity index (χ1) is 9.68. The number of hydrogen-bond acceptors (Lipinski definition) is 3. The molecule has 0 spiro atoms. The summed E-state index contributed by atoms with van der Waals surface area (Å²) in [6, 6.07) is 6.95. The average Bonchev–Trinajstić information content (AvgIpc) is 2.35. The molecule has 110 valence electrons. The van der Waals surface area contributed by atoms with Gasteiger partial charge in [-0.1, -0.05) is 26.8 Å². The summed E-state index contributed by atoms with van der Waals surface area (Å²) in [7, 11) is 0. The van der Waals surface area contributed by atoms with E-state index >= 15 is 0 Å². The van der Waals surface area contributed by atoms with E-state index in [0.717, 1.165) is 5.56 Å². The van der Waals surface area contributed by atoms with Crippen molar-refractivity contribution in [2.45, 2.75) is 33.1 Å². The van der Waals surface area contributed by atoms with Crippen molar-refractivity contribution in [3.8, 4) is 0 Å². The molecule has 0 saturated carbocycles. The van der Waals surface area contributed by atoms with Gasteiger partial charge in [0.25, 0.3) is 0 Å². The van der Waals surface area contributed by atoms with Gasteiger partial charge in [0.05, 0.1) is 11.1 Å². The summed E-state index contributed by atoms with van der Waals surface area (Å²) in [5.41, 5.74) is 1.63. The van der Waals surface area contributed by atoms with Crippen LogP contribution in [-0.2, 0) is 10.2 Å². The van der Waals surface area contributed by atoms with Crippen molar-refractivity contribution in [3.63, 3.8) is 0 Å². The number of anilines is 1. The molecular formula is C16H18N2O3. The van der Waals surface area contributed by atoms with Gasteiger partial charge in [-0.05, 0) is 29.2 Å². The van der Waals surface area contributed by atoms with Crippen molar-refractivity contribution >= 4 is 28.6 Å². The summed E-state index contributed by atoms with van der Waals surface area (Å²) >= 11 is 0. The minimum absolute atomic E-state index is 0.0831. The van der Waals surface area contributed by atoms with Gasteiger partial charge in [-0.3, -0.25) is 4.79 Å². The zero-order valence-corrected chi connectivity index (χ0v) is 12.5. The molecule has 0 aliphatic rings. The van der Waals surface area contributed by atoms with Gasteiger partial charge >= 0.3 is 5.97 Å². The molecule has 1 aromatic carbocycles. The molecule has 0 fully saturated rings. The number of fused-ring (bicyclic) bond motifs is 1. The Morgan fingerprint density at radius 2 is 1.86 bits per heavy atom. The van der Waals surface area contributed by atoms with Gasteiger partial charge < -0.3 is 10.4 Å². The van der Waals surface area contributed by atoms with Crippen LogP contribution < -0.4 is 5.32 Å². The quantitative estimate of drug-likeness (QED) is 0.888. The highest BCUT2D eigenvalue weighted by Crippen LogP contribution is 2.28. The standard InChI is InChI=1S/C16H18N2O3/c1-9(19)17-14-8-12(15(20)21)11-7-10(16(2,3)4)5-6-13(11)18-14/h5-8H,1-4H3,(H,20,21)(H,17,18,19). The molecular weight excluding hydrogens is 268 g/mol. The number of aromatic carboxylic acids is 1. The van der Waals surface area contributed by atoms with Crippen LogP contribution in [0.1, 0.15) is 43.6 Å². The fraction of sp³-hybridized carbons (Fsp3) is 0.312. The number of carbonyl (C=O) groups is 2. The smallest absolute Gasteiger partial charge is 0.336 e. The van der Waals surface area contributed by atoms with Crippen LogP contribution >= 0.6 is 0 Å². The largest absolute Gasteiger partial charge is 0.478 e. The number of carboxylic acid groups (broad SMARTS) is 1. The highest BCUT2D eigenvalue weighted by atomic mass is 16.4. The number of hydrogen-bond donors (Lipinski definition) is 2. The minimum Gasteiger partial charge on any atom is -0.478 e. The van der Waals surface area contributed by atoms with Crippen molar-refractivity contribution in [2.75, 3.05) is 5.32 Å². The molecule has 21 heavy (non-hydrogen) atoms. The predicted molar refractivity (Wildman–Crippen MR) is 81.7 cm³/mol. The summed E-state index contributed by atoms with van der Waals surface area (Å²) in [6.45, 7) is 7.55. The Hall–Kier alpha value is -2.43. The SMILES string of the molecule is CC(=O)Nc1cc(C(=O)O)c2cc(C(C)(C)C)ccc2n1. The van der Waals surface area contributed by atoms with Crippen LogP contribution in [0.4, 0.5) is 5.82 Å². The summed E-state index contributed by atoms with van der Waals surface area (Å²) in [5.74, 6) is -1.08. The number of aromatic nitrogens is 1. The van der Waals surface area contributed by atoms with E-state index in [2.05, 4.69) is 31.1 Å². The molecule has 2 aromatic rings. The van der Waals surface area contributed by atoms with Crippen LogP contribution in [-0.4, -0.2) is 22.0 Å². The monoisotopic (exact) mass is 286 g/mol. The van der Waals surface area contributed by atoms with Crippen molar-refractivity contribution in [2.24, 2.45) is 0 Å². The van der Waals surface area contributed by atoms with E-state index in [1.165, 1.54) is 13.0 Å². The number of rotatable bonds is 2. The summed E-state index contributed by atoms with van der Waals surface area (Å²) < 4.78 is 0. The molecule has 2 N–H and O–H groups in total. The maximum Gasteiger partial charge on any atom is 0.336 e. The lowest BCUT2D eigenvalue weighted by molar-refractivity contribution is -0.114. The number of carboxylic acids is 1. The number of pyridine rings is 1. The highest BCUT2D eigenvalue weighted by Gasteiger charge is 2.18. The molecule has 0 unspecified atom stereocenters. The molecule has 1 heterocycles. The lowest BCUT2D eigenvalue weighted by Gasteiger charge is -2.20. The van der Waals surface area contributed by atoms with Crippen LogP contribution in [0.15, 0.2) is 24.3 Å². The van der Waals surface area contributed by atoms with Gasteiger partial charge in [0.2, 0.25) is 5.91 Å². The van der Waals surface area contributed by atoms with Gasteiger partial charge in [0.1, 0.15) is 5.82 Å². The van der Waals surface area contributed by atoms with Crippen LogP contribution in [0.5, 0.6) is 0 Å². The Balaban J connectivity index is 2.70. The molecule has 5 nitrogen and oxygen atoms in total. The zero-order valence-electron chi connectivity index (χ0n) is 12.5. The number of amides is 1. The van der Waals surface area contributed by atoms with E-state index in [-0.39, 0.29) is 22.7 Å². The fourth-order valence-corrected chi connectivity index (χ4v) is 2.11. The Labute approximate surface area is 123 Å². The van der Waals surface area contributed by atoms with Gasteiger partial charge in [-0.15, -0.1) is 0 Å². The average molecular weight is 286 g/mol. The van der Waals surface area contributed by atoms with E-state index in [1.807, 2.05) is 12.1 Å². The van der Waals surface area contributed by atoms with Gasteiger partial charge in [-0.2, -0.15) is 0 Å². The Bertz CT molecular complexity index is 730. The van der Waals surface area contributed by atoms with Crippen molar-refractivity contribution in [1.82, 2.24) is 4.98 Å². The molecule has 0 radical (unpaired) electrons. The van der Waals surface area contributed by atoms with E-state index in [4.69, 9.17) is 0 Å². The van der Waals surface area contributed by atoms with Gasteiger partial charge in [-0.25, -0.2) is 9.78 Å². The maximum absolute atomic E-state index is 11.5. The molecule has 0 aliphatic carbocycles. The fourth-order valence-electron chi connectivity index (χ4n) is 2.11. The van der Waals surface area contributed by atoms with Crippen LogP contribution in [0.25, 0.3) is 10.9 Å². The van der Waals surface area contributed by atoms with Crippen molar-refractivity contribution in [3.05, 3.63) is 35.4 Å². The van der Waals surface area contributed by atoms with Crippen LogP contribution in [0.3, 0.4) is 0 Å². The second-order valence-corrected chi connectivity index (χ2v) is 6.02. The van der Waals surface area contributed by atoms with Crippen molar-refractivity contribution < 1.29 is 14.7 Å². The van der Waals surface area contributed by atoms with Gasteiger partial charge in [0.15, 0.2) is 0 Å². The zero-order chi connectivity index (χ0) is 15.8. The van der Waals surface area contributed by atoms with Crippen LogP contribution in [0, 0.1) is 0 Å². The third kappa shape index (κ3) is 3.18. The van der Waals surface area contributed by atoms with Crippen LogP contribution in [0.2, 0.25) is 0 Å². The first-order valence-electron chi connectivity index (χ1n) is 6.64. The van der Waals surface area contributed by atoms with E-state index < -0.39 is 5.97 Å². The molecule has 2 rings (SSSR count). The topological polar surface area (TPSA) is 79.3 Å². The predicted octanol–water partition coefficient (Wildman–Crippen LogP) is 3.19. The first kappa shape index (κ1) is 15.0. The summed E-state index contributed by atoms with van der Waals surface area (Å²) in [6.07, 6.45) is 0. The lowest BCUT2D eigenvalue weighted by Crippen LogP contribution is -2.12. The van der Waals surface area contributed by atoms with E-state index in [1.54, 1.807) is 6.07 Å². The third-order valence-electron chi connectivity index (χ3n) is 3.21. The number of nitrogens with zero attached hydrogens (tertiary/aromatic N) is 1. The van der Waals surface area contributed by atoms with E-state index in [0.29, 0.717) is 10.9 Å². The second-order valence-electron chi connectivity index (χ2n) is 6.02. The maximum atomic E-state index is 11.5. The molecule has 1 aromatic heterocycles. The number of carbonyl (C=O) groups excluding carboxylic acids is 1. The Morgan fingerprint density at radius 3 is 2.38 bits per heavy atom. The van der Waals surface area contributed by atoms with Crippen molar-refractivity contribution in [1.29, 1.82) is 0 Å². The molecule has 1 amide bonds. The Kier molecular flexibility index (Phi) is 3.68. The Morgan fingerprint density at radius 1 is 1.19 bits per heavy atom. The minimum atomic E-state index is -1.04. The number of nitrogens with one attached hydrogen (secondary N) is 1. The lowest BCUT2D eigenvalue weighted by atomic mass is 9.86. The molecule has 0 saturated heterocycles. The second kappa shape index (κ2) is 5.16. The molecule has 0 atom stereocenters. The third-order valence-corrected chi connectivity index (χ3v) is 3.21. The summed E-state index contributed by atoms with van der Waals surface area (Å²) in [4.78, 5) is 26.9. The van der Waals surface area contributed by atoms with Gasteiger partial charge in [0, 0.05) is 12.3 Å². The highest BCUT2D eigenvalue weighted by molar-refractivity contribution is 6.04. The summed E-state index contributed by atoms with van der Waals surface area (Å²) in [5, 5.41) is 12.5. The molecule has 5 heteroatoms. The molecule has 0 bridgehead atoms. The van der Waals surface area contributed by atoms with E-state index in [9.17, 15) is 14.7 Å². The normalized spacial score (nSPS) is 11.4. The first-order valence-corrected chi connectivity index (χ1v) is 6.64. The molecule has 0 aliphatic heterocycles.